The zero-order chi connectivity index (χ0) is 14.7. The lowest BCUT2D eigenvalue weighted by Gasteiger charge is -2.31. The van der Waals surface area contributed by atoms with Crippen LogP contribution >= 0.6 is 0 Å². The minimum Gasteiger partial charge on any atom is -0.393 e. The van der Waals surface area contributed by atoms with E-state index in [2.05, 4.69) is 5.32 Å². The van der Waals surface area contributed by atoms with Gasteiger partial charge >= 0.3 is 11.9 Å². The van der Waals surface area contributed by atoms with Gasteiger partial charge in [0.05, 0.1) is 12.0 Å². The second-order valence-corrected chi connectivity index (χ2v) is 6.94. The van der Waals surface area contributed by atoms with Crippen molar-refractivity contribution in [3.05, 3.63) is 0 Å². The Kier molecular flexibility index (Phi) is 2.73. The third-order valence-corrected chi connectivity index (χ3v) is 4.52. The zero-order valence-corrected chi connectivity index (χ0v) is 11.9. The first-order valence-electron chi connectivity index (χ1n) is 6.96. The van der Waals surface area contributed by atoms with E-state index in [1.165, 1.54) is 0 Å². The van der Waals surface area contributed by atoms with E-state index in [0.29, 0.717) is 6.42 Å². The van der Waals surface area contributed by atoms with E-state index >= 15 is 0 Å². The van der Waals surface area contributed by atoms with Crippen LogP contribution in [0.4, 0.5) is 0 Å². The molecule has 0 aromatic carbocycles. The minimum atomic E-state index is -0.764. The Morgan fingerprint density at radius 1 is 1.35 bits per heavy atom. The molecular weight excluding hydrogens is 262 g/mol. The lowest BCUT2D eigenvalue weighted by Crippen LogP contribution is -2.50. The number of rotatable bonds is 2. The molecule has 1 N–H and O–H groups in total. The minimum absolute atomic E-state index is 0.0972. The summed E-state index contributed by atoms with van der Waals surface area (Å²) in [5.41, 5.74) is -1.27. The molecular formula is C14H19NO5. The standard InChI is InChI=1S/C14H19NO5/c1-13(2,3)12(18)15-6-14-5-4-7(20-14)8-9(14)11(17)19-10(8)16/h7-9H,4-6H2,1-3H3,(H,15,18)/t7-,8-,9+,14-/m0/s1. The Hall–Kier alpha value is -1.43. The zero-order valence-electron chi connectivity index (χ0n) is 11.9. The van der Waals surface area contributed by atoms with Gasteiger partial charge in [-0.25, -0.2) is 0 Å². The third-order valence-electron chi connectivity index (χ3n) is 4.52. The fraction of sp³-hybridized carbons (Fsp3) is 0.786. The van der Waals surface area contributed by atoms with Crippen molar-refractivity contribution in [3.63, 3.8) is 0 Å². The highest BCUT2D eigenvalue weighted by Crippen LogP contribution is 2.54. The lowest BCUT2D eigenvalue weighted by molar-refractivity contribution is -0.159. The first-order chi connectivity index (χ1) is 9.24. The highest BCUT2D eigenvalue weighted by atomic mass is 16.6. The van der Waals surface area contributed by atoms with Crippen molar-refractivity contribution in [2.24, 2.45) is 17.3 Å². The Labute approximate surface area is 117 Å². The number of carbonyl (C=O) groups excluding carboxylic acids is 3. The molecule has 3 aliphatic heterocycles. The van der Waals surface area contributed by atoms with E-state index in [-0.39, 0.29) is 18.6 Å². The summed E-state index contributed by atoms with van der Waals surface area (Å²) in [6.45, 7) is 5.72. The molecule has 20 heavy (non-hydrogen) atoms. The van der Waals surface area contributed by atoms with E-state index in [9.17, 15) is 14.4 Å². The van der Waals surface area contributed by atoms with E-state index in [0.717, 1.165) is 6.42 Å². The smallest absolute Gasteiger partial charge is 0.320 e. The summed E-state index contributed by atoms with van der Waals surface area (Å²) in [5.74, 6) is -2.13. The Balaban J connectivity index is 1.77. The molecule has 0 spiro atoms. The lowest BCUT2D eigenvalue weighted by atomic mass is 9.73. The summed E-state index contributed by atoms with van der Waals surface area (Å²) in [7, 11) is 0. The first-order valence-corrected chi connectivity index (χ1v) is 6.96. The molecule has 3 saturated heterocycles. The molecule has 3 heterocycles. The normalized spacial score (nSPS) is 38.9. The summed E-state index contributed by atoms with van der Waals surface area (Å²) in [4.78, 5) is 35.5. The molecule has 4 atom stereocenters. The van der Waals surface area contributed by atoms with Crippen LogP contribution in [-0.2, 0) is 23.9 Å². The predicted octanol–water partition coefficient (Wildman–Crippen LogP) is 0.396. The number of carbonyl (C=O) groups is 3. The molecule has 6 heteroatoms. The van der Waals surface area contributed by atoms with Gasteiger partial charge in [-0.15, -0.1) is 0 Å². The summed E-state index contributed by atoms with van der Waals surface area (Å²) in [5, 5.41) is 2.85. The van der Waals surface area contributed by atoms with Gasteiger partial charge < -0.3 is 14.8 Å². The van der Waals surface area contributed by atoms with Crippen molar-refractivity contribution < 1.29 is 23.9 Å². The largest absolute Gasteiger partial charge is 0.393 e. The fourth-order valence-corrected chi connectivity index (χ4v) is 3.44. The number of amides is 1. The first kappa shape index (κ1) is 13.5. The van der Waals surface area contributed by atoms with Crippen LogP contribution in [-0.4, -0.2) is 36.1 Å². The summed E-state index contributed by atoms with van der Waals surface area (Å²) < 4.78 is 10.6. The van der Waals surface area contributed by atoms with Crippen LogP contribution < -0.4 is 5.32 Å². The number of hydrogen-bond donors (Lipinski definition) is 1. The molecule has 0 aliphatic carbocycles. The second-order valence-electron chi connectivity index (χ2n) is 6.94. The second kappa shape index (κ2) is 4.04. The third kappa shape index (κ3) is 1.78. The average Bonchev–Trinajstić information content (AvgIpc) is 2.97. The molecule has 3 aliphatic rings. The molecule has 110 valence electrons. The molecule has 3 fully saturated rings. The van der Waals surface area contributed by atoms with Gasteiger partial charge in [0.2, 0.25) is 5.91 Å². The van der Waals surface area contributed by atoms with E-state index in [1.807, 2.05) is 20.8 Å². The van der Waals surface area contributed by atoms with Crippen LogP contribution in [0.3, 0.4) is 0 Å². The predicted molar refractivity (Wildman–Crippen MR) is 67.4 cm³/mol. The summed E-state index contributed by atoms with van der Waals surface area (Å²) >= 11 is 0. The highest BCUT2D eigenvalue weighted by molar-refractivity contribution is 5.98. The van der Waals surface area contributed by atoms with Crippen LogP contribution in [0.5, 0.6) is 0 Å². The maximum atomic E-state index is 12.0. The maximum Gasteiger partial charge on any atom is 0.320 e. The summed E-state index contributed by atoms with van der Waals surface area (Å²) in [6, 6.07) is 0. The summed E-state index contributed by atoms with van der Waals surface area (Å²) in [6.07, 6.45) is 1.16. The van der Waals surface area contributed by atoms with Crippen molar-refractivity contribution in [1.82, 2.24) is 5.32 Å². The quantitative estimate of drug-likeness (QED) is 0.585. The monoisotopic (exact) mass is 281 g/mol. The molecule has 1 amide bonds. The van der Waals surface area contributed by atoms with Gasteiger partial charge in [0.15, 0.2) is 0 Å². The van der Waals surface area contributed by atoms with Gasteiger partial charge in [-0.2, -0.15) is 0 Å². The number of cyclic esters (lactones) is 2. The van der Waals surface area contributed by atoms with Crippen LogP contribution in [0, 0.1) is 17.3 Å². The van der Waals surface area contributed by atoms with Crippen molar-refractivity contribution in [2.45, 2.75) is 45.3 Å². The number of fused-ring (bicyclic) bond motifs is 5. The molecule has 0 saturated carbocycles. The molecule has 0 unspecified atom stereocenters. The number of hydrogen-bond acceptors (Lipinski definition) is 5. The van der Waals surface area contributed by atoms with Gasteiger partial charge in [0.25, 0.3) is 0 Å². The van der Waals surface area contributed by atoms with Gasteiger partial charge in [-0.3, -0.25) is 14.4 Å². The Morgan fingerprint density at radius 2 is 2.05 bits per heavy atom. The van der Waals surface area contributed by atoms with E-state index in [1.54, 1.807) is 0 Å². The van der Waals surface area contributed by atoms with Crippen LogP contribution in [0.25, 0.3) is 0 Å². The number of ether oxygens (including phenoxy) is 2. The van der Waals surface area contributed by atoms with Crippen molar-refractivity contribution in [1.29, 1.82) is 0 Å². The highest BCUT2D eigenvalue weighted by Gasteiger charge is 2.68. The van der Waals surface area contributed by atoms with Gasteiger partial charge in [0.1, 0.15) is 11.5 Å². The molecule has 0 aromatic heterocycles. The fourth-order valence-electron chi connectivity index (χ4n) is 3.44. The topological polar surface area (TPSA) is 81.7 Å². The molecule has 6 nitrogen and oxygen atoms in total. The van der Waals surface area contributed by atoms with Crippen molar-refractivity contribution in [2.75, 3.05) is 6.54 Å². The molecule has 3 rings (SSSR count). The van der Waals surface area contributed by atoms with Crippen LogP contribution in [0.1, 0.15) is 33.6 Å². The SMILES string of the molecule is CC(C)(C)C(=O)NC[C@]12CC[C@H](O1)[C@@H]1C(=O)OC(=O)[C@@H]12. The Morgan fingerprint density at radius 3 is 2.70 bits per heavy atom. The van der Waals surface area contributed by atoms with Gasteiger partial charge in [0, 0.05) is 12.0 Å². The molecule has 0 aromatic rings. The van der Waals surface area contributed by atoms with Crippen LogP contribution in [0.15, 0.2) is 0 Å². The Bertz CT molecular complexity index is 494. The molecule has 2 bridgehead atoms. The van der Waals surface area contributed by atoms with Gasteiger partial charge in [-0.1, -0.05) is 20.8 Å². The van der Waals surface area contributed by atoms with Crippen molar-refractivity contribution >= 4 is 17.8 Å². The molecule has 0 radical (unpaired) electrons. The van der Waals surface area contributed by atoms with Crippen molar-refractivity contribution in [3.8, 4) is 0 Å². The maximum absolute atomic E-state index is 12.0. The number of esters is 2. The van der Waals surface area contributed by atoms with E-state index < -0.39 is 34.8 Å². The van der Waals surface area contributed by atoms with Crippen LogP contribution in [0.2, 0.25) is 0 Å². The average molecular weight is 281 g/mol. The van der Waals surface area contributed by atoms with E-state index in [4.69, 9.17) is 9.47 Å². The number of nitrogens with one attached hydrogen (secondary N) is 1. The van der Waals surface area contributed by atoms with Gasteiger partial charge in [-0.05, 0) is 12.8 Å².